The summed E-state index contributed by atoms with van der Waals surface area (Å²) in [6, 6.07) is 5.49. The lowest BCUT2D eigenvalue weighted by Crippen LogP contribution is -2.44. The summed E-state index contributed by atoms with van der Waals surface area (Å²) in [5.74, 6) is -0.413. The Balaban J connectivity index is 1.95. The van der Waals surface area contributed by atoms with Crippen LogP contribution in [0.2, 0.25) is 0 Å². The number of rotatable bonds is 5. The summed E-state index contributed by atoms with van der Waals surface area (Å²) in [5.41, 5.74) is 0.454. The van der Waals surface area contributed by atoms with Gasteiger partial charge in [0.15, 0.2) is 0 Å². The summed E-state index contributed by atoms with van der Waals surface area (Å²) in [6.07, 6.45) is 1.72. The van der Waals surface area contributed by atoms with Gasteiger partial charge in [-0.05, 0) is 56.9 Å². The van der Waals surface area contributed by atoms with Crippen molar-refractivity contribution in [2.24, 2.45) is 5.92 Å². The van der Waals surface area contributed by atoms with Crippen molar-refractivity contribution in [1.29, 1.82) is 0 Å². The fourth-order valence-electron chi connectivity index (χ4n) is 2.59. The van der Waals surface area contributed by atoms with E-state index in [9.17, 15) is 17.6 Å². The molecule has 7 heteroatoms. The molecule has 1 saturated heterocycles. The number of nitrogens with one attached hydrogen (secondary N) is 1. The van der Waals surface area contributed by atoms with Crippen LogP contribution < -0.4 is 4.72 Å². The van der Waals surface area contributed by atoms with Gasteiger partial charge in [0.25, 0.3) is 5.91 Å². The van der Waals surface area contributed by atoms with Crippen LogP contribution in [0.4, 0.5) is 4.39 Å². The minimum Gasteiger partial charge on any atom is -0.338 e. The van der Waals surface area contributed by atoms with Gasteiger partial charge in [-0.1, -0.05) is 0 Å². The zero-order valence-electron chi connectivity index (χ0n) is 13.5. The van der Waals surface area contributed by atoms with Crippen LogP contribution in [0.5, 0.6) is 0 Å². The third-order valence-electron chi connectivity index (χ3n) is 4.09. The maximum atomic E-state index is 12.9. The predicted molar refractivity (Wildman–Crippen MR) is 87.1 cm³/mol. The first-order valence-corrected chi connectivity index (χ1v) is 9.37. The van der Waals surface area contributed by atoms with Crippen LogP contribution in [-0.2, 0) is 10.0 Å². The van der Waals surface area contributed by atoms with Crippen molar-refractivity contribution in [3.63, 3.8) is 0 Å². The first-order chi connectivity index (χ1) is 10.8. The van der Waals surface area contributed by atoms with Gasteiger partial charge in [0, 0.05) is 25.2 Å². The average molecular weight is 342 g/mol. The summed E-state index contributed by atoms with van der Waals surface area (Å²) in [6.45, 7) is 4.76. The molecular weight excluding hydrogens is 319 g/mol. The predicted octanol–water partition coefficient (Wildman–Crippen LogP) is 2.01. The number of nitrogens with zero attached hydrogens (tertiary/aromatic N) is 1. The maximum Gasteiger partial charge on any atom is 0.253 e. The van der Waals surface area contributed by atoms with Crippen molar-refractivity contribution in [1.82, 2.24) is 9.62 Å². The van der Waals surface area contributed by atoms with E-state index in [0.29, 0.717) is 25.2 Å². The molecule has 1 aliphatic rings. The molecule has 1 amide bonds. The lowest BCUT2D eigenvalue weighted by Gasteiger charge is -2.33. The first-order valence-electron chi connectivity index (χ1n) is 7.83. The average Bonchev–Trinajstić information content (AvgIpc) is 2.53. The number of halogens is 1. The van der Waals surface area contributed by atoms with Gasteiger partial charge >= 0.3 is 0 Å². The molecule has 0 spiro atoms. The molecule has 0 bridgehead atoms. The van der Waals surface area contributed by atoms with Crippen molar-refractivity contribution < 1.29 is 17.6 Å². The normalized spacial score (nSPS) is 19.1. The molecule has 1 fully saturated rings. The molecule has 0 radical (unpaired) electrons. The SMILES string of the molecule is CC(C)S(=O)(=O)NC[C@@H]1CCCN(C(=O)c2ccc(F)cc2)C1. The van der Waals surface area contributed by atoms with Gasteiger partial charge < -0.3 is 4.90 Å². The van der Waals surface area contributed by atoms with Crippen molar-refractivity contribution in [2.75, 3.05) is 19.6 Å². The Morgan fingerprint density at radius 1 is 1.35 bits per heavy atom. The molecule has 2 rings (SSSR count). The molecule has 23 heavy (non-hydrogen) atoms. The Morgan fingerprint density at radius 3 is 2.61 bits per heavy atom. The monoisotopic (exact) mass is 342 g/mol. The smallest absolute Gasteiger partial charge is 0.253 e. The maximum absolute atomic E-state index is 12.9. The van der Waals surface area contributed by atoms with E-state index in [1.165, 1.54) is 24.3 Å². The van der Waals surface area contributed by atoms with E-state index in [1.54, 1.807) is 18.7 Å². The van der Waals surface area contributed by atoms with Crippen LogP contribution in [0.3, 0.4) is 0 Å². The zero-order chi connectivity index (χ0) is 17.0. The Labute approximate surface area is 136 Å². The highest BCUT2D eigenvalue weighted by molar-refractivity contribution is 7.90. The fourth-order valence-corrected chi connectivity index (χ4v) is 3.39. The van der Waals surface area contributed by atoms with Crippen LogP contribution in [-0.4, -0.2) is 44.1 Å². The molecule has 1 atom stereocenters. The lowest BCUT2D eigenvalue weighted by molar-refractivity contribution is 0.0676. The molecule has 1 aromatic rings. The lowest BCUT2D eigenvalue weighted by atomic mass is 9.97. The molecule has 128 valence electrons. The highest BCUT2D eigenvalue weighted by atomic mass is 32.2. The Kier molecular flexibility index (Phi) is 5.75. The molecule has 5 nitrogen and oxygen atoms in total. The Hall–Kier alpha value is -1.47. The summed E-state index contributed by atoms with van der Waals surface area (Å²) in [7, 11) is -3.29. The largest absolute Gasteiger partial charge is 0.338 e. The number of amides is 1. The third kappa shape index (κ3) is 4.75. The van der Waals surface area contributed by atoms with E-state index < -0.39 is 15.3 Å². The number of benzene rings is 1. The number of hydrogen-bond acceptors (Lipinski definition) is 3. The van der Waals surface area contributed by atoms with Gasteiger partial charge in [-0.15, -0.1) is 0 Å². The van der Waals surface area contributed by atoms with Crippen LogP contribution in [0.15, 0.2) is 24.3 Å². The van der Waals surface area contributed by atoms with Crippen molar-refractivity contribution >= 4 is 15.9 Å². The molecule has 1 N–H and O–H groups in total. The topological polar surface area (TPSA) is 66.5 Å². The van der Waals surface area contributed by atoms with E-state index >= 15 is 0 Å². The molecule has 1 heterocycles. The highest BCUT2D eigenvalue weighted by Crippen LogP contribution is 2.19. The van der Waals surface area contributed by atoms with Crippen molar-refractivity contribution in [3.05, 3.63) is 35.6 Å². The molecule has 0 aromatic heterocycles. The van der Waals surface area contributed by atoms with Gasteiger partial charge in [0.2, 0.25) is 10.0 Å². The van der Waals surface area contributed by atoms with E-state index in [0.717, 1.165) is 12.8 Å². The van der Waals surface area contributed by atoms with Crippen LogP contribution in [0.1, 0.15) is 37.0 Å². The minimum atomic E-state index is -3.29. The summed E-state index contributed by atoms with van der Waals surface area (Å²) in [4.78, 5) is 14.1. The molecule has 1 aromatic carbocycles. The molecular formula is C16H23FN2O3S. The second kappa shape index (κ2) is 7.40. The molecule has 0 saturated carbocycles. The molecule has 0 aliphatic carbocycles. The fraction of sp³-hybridized carbons (Fsp3) is 0.562. The second-order valence-electron chi connectivity index (χ2n) is 6.21. The number of carbonyl (C=O) groups excluding carboxylic acids is 1. The van der Waals surface area contributed by atoms with E-state index in [2.05, 4.69) is 4.72 Å². The van der Waals surface area contributed by atoms with Crippen molar-refractivity contribution in [2.45, 2.75) is 31.9 Å². The number of sulfonamides is 1. The van der Waals surface area contributed by atoms with Gasteiger partial charge in [-0.3, -0.25) is 4.79 Å². The number of carbonyl (C=O) groups is 1. The Bertz CT molecular complexity index is 644. The van der Waals surface area contributed by atoms with Crippen LogP contribution >= 0.6 is 0 Å². The summed E-state index contributed by atoms with van der Waals surface area (Å²) < 4.78 is 39.2. The number of piperidine rings is 1. The van der Waals surface area contributed by atoms with Gasteiger partial charge in [0.05, 0.1) is 5.25 Å². The van der Waals surface area contributed by atoms with Crippen molar-refractivity contribution in [3.8, 4) is 0 Å². The van der Waals surface area contributed by atoms with Crippen LogP contribution in [0.25, 0.3) is 0 Å². The zero-order valence-corrected chi connectivity index (χ0v) is 14.3. The molecule has 0 unspecified atom stereocenters. The molecule has 1 aliphatic heterocycles. The Morgan fingerprint density at radius 2 is 2.00 bits per heavy atom. The minimum absolute atomic E-state index is 0.0988. The van der Waals surface area contributed by atoms with Gasteiger partial charge in [-0.25, -0.2) is 17.5 Å². The number of likely N-dealkylation sites (tertiary alicyclic amines) is 1. The number of hydrogen-bond donors (Lipinski definition) is 1. The van der Waals surface area contributed by atoms with Gasteiger partial charge in [0.1, 0.15) is 5.82 Å². The summed E-state index contributed by atoms with van der Waals surface area (Å²) in [5, 5.41) is -0.469. The standard InChI is InChI=1S/C16H23FN2O3S/c1-12(2)23(21,22)18-10-13-4-3-9-19(11-13)16(20)14-5-7-15(17)8-6-14/h5-8,12-13,18H,3-4,9-11H2,1-2H3/t13-/m0/s1. The second-order valence-corrected chi connectivity index (χ2v) is 8.53. The van der Waals surface area contributed by atoms with E-state index in [4.69, 9.17) is 0 Å². The highest BCUT2D eigenvalue weighted by Gasteiger charge is 2.26. The van der Waals surface area contributed by atoms with Crippen LogP contribution in [0, 0.1) is 11.7 Å². The first kappa shape index (κ1) is 17.9. The van der Waals surface area contributed by atoms with Gasteiger partial charge in [-0.2, -0.15) is 0 Å². The quantitative estimate of drug-likeness (QED) is 0.890. The third-order valence-corrected chi connectivity index (χ3v) is 5.90. The van der Waals surface area contributed by atoms with E-state index in [1.807, 2.05) is 0 Å². The van der Waals surface area contributed by atoms with E-state index in [-0.39, 0.29) is 17.6 Å². The summed E-state index contributed by atoms with van der Waals surface area (Å²) >= 11 is 0.